The van der Waals surface area contributed by atoms with Gasteiger partial charge in [-0.2, -0.15) is 4.31 Å². The van der Waals surface area contributed by atoms with Crippen LogP contribution >= 0.6 is 0 Å². The molecule has 3 rings (SSSR count). The van der Waals surface area contributed by atoms with Crippen molar-refractivity contribution in [1.29, 1.82) is 0 Å². The molecule has 1 aliphatic carbocycles. The lowest BCUT2D eigenvalue weighted by Crippen LogP contribution is -2.49. The summed E-state index contributed by atoms with van der Waals surface area (Å²) in [6.07, 6.45) is 6.75. The van der Waals surface area contributed by atoms with Gasteiger partial charge in [-0.3, -0.25) is 0 Å². The summed E-state index contributed by atoms with van der Waals surface area (Å²) in [7, 11) is -3.39. The molecule has 5 heteroatoms. The van der Waals surface area contributed by atoms with Crippen LogP contribution in [0.2, 0.25) is 0 Å². The first kappa shape index (κ1) is 15.0. The molecule has 0 unspecified atom stereocenters. The molecule has 2 atom stereocenters. The molecule has 0 bridgehead atoms. The molecule has 0 radical (unpaired) electrons. The number of benzene rings is 1. The first-order valence-corrected chi connectivity index (χ1v) is 9.38. The average molecular weight is 308 g/mol. The van der Waals surface area contributed by atoms with E-state index in [4.69, 9.17) is 5.73 Å². The standard InChI is InChI=1S/C16H24N2O2S/c17-12-13-5-3-8-15(11-13)21(19,20)18-10-4-7-14-6-1-2-9-16(14)18/h3,5,8,11,14,16H,1-2,4,6-7,9-10,12,17H2/t14-,16-/m1/s1. The van der Waals surface area contributed by atoms with Crippen molar-refractivity contribution >= 4 is 10.0 Å². The average Bonchev–Trinajstić information content (AvgIpc) is 2.54. The molecule has 1 saturated carbocycles. The van der Waals surface area contributed by atoms with E-state index in [1.54, 1.807) is 22.5 Å². The smallest absolute Gasteiger partial charge is 0.243 e. The zero-order chi connectivity index (χ0) is 14.9. The maximum Gasteiger partial charge on any atom is 0.243 e. The Morgan fingerprint density at radius 2 is 1.90 bits per heavy atom. The first-order chi connectivity index (χ1) is 10.1. The van der Waals surface area contributed by atoms with Crippen LogP contribution in [-0.4, -0.2) is 25.3 Å². The fourth-order valence-electron chi connectivity index (χ4n) is 3.85. The third-order valence-electron chi connectivity index (χ3n) is 4.93. The van der Waals surface area contributed by atoms with E-state index in [0.29, 0.717) is 23.9 Å². The molecule has 2 N–H and O–H groups in total. The van der Waals surface area contributed by atoms with E-state index in [-0.39, 0.29) is 6.04 Å². The van der Waals surface area contributed by atoms with Crippen molar-refractivity contribution in [3.05, 3.63) is 29.8 Å². The van der Waals surface area contributed by atoms with E-state index in [9.17, 15) is 8.42 Å². The normalized spacial score (nSPS) is 27.3. The summed E-state index contributed by atoms with van der Waals surface area (Å²) in [5.41, 5.74) is 6.51. The lowest BCUT2D eigenvalue weighted by atomic mass is 9.79. The molecular weight excluding hydrogens is 284 g/mol. The number of sulfonamides is 1. The molecule has 0 spiro atoms. The number of hydrogen-bond acceptors (Lipinski definition) is 3. The van der Waals surface area contributed by atoms with E-state index >= 15 is 0 Å². The van der Waals surface area contributed by atoms with Crippen molar-refractivity contribution in [3.8, 4) is 0 Å². The van der Waals surface area contributed by atoms with Gasteiger partial charge in [0, 0.05) is 19.1 Å². The van der Waals surface area contributed by atoms with Gasteiger partial charge >= 0.3 is 0 Å². The third kappa shape index (κ3) is 2.87. The van der Waals surface area contributed by atoms with Gasteiger partial charge in [-0.15, -0.1) is 0 Å². The van der Waals surface area contributed by atoms with Gasteiger partial charge < -0.3 is 5.73 Å². The van der Waals surface area contributed by atoms with Crippen LogP contribution in [0, 0.1) is 5.92 Å². The van der Waals surface area contributed by atoms with E-state index < -0.39 is 10.0 Å². The molecule has 0 amide bonds. The molecule has 1 heterocycles. The van der Waals surface area contributed by atoms with Gasteiger partial charge in [0.1, 0.15) is 0 Å². The quantitative estimate of drug-likeness (QED) is 0.933. The van der Waals surface area contributed by atoms with Crippen LogP contribution in [0.3, 0.4) is 0 Å². The largest absolute Gasteiger partial charge is 0.326 e. The molecule has 4 nitrogen and oxygen atoms in total. The Morgan fingerprint density at radius 1 is 1.14 bits per heavy atom. The third-order valence-corrected chi connectivity index (χ3v) is 6.85. The van der Waals surface area contributed by atoms with Crippen molar-refractivity contribution < 1.29 is 8.42 Å². The number of hydrogen-bond donors (Lipinski definition) is 1. The van der Waals surface area contributed by atoms with Crippen molar-refractivity contribution in [2.75, 3.05) is 6.54 Å². The molecule has 21 heavy (non-hydrogen) atoms. The zero-order valence-corrected chi connectivity index (χ0v) is 13.2. The highest BCUT2D eigenvalue weighted by molar-refractivity contribution is 7.89. The Bertz CT molecular complexity index is 598. The summed E-state index contributed by atoms with van der Waals surface area (Å²) in [5.74, 6) is 0.556. The molecule has 1 aliphatic heterocycles. The lowest BCUT2D eigenvalue weighted by Gasteiger charge is -2.43. The minimum absolute atomic E-state index is 0.207. The maximum atomic E-state index is 13.0. The summed E-state index contributed by atoms with van der Waals surface area (Å²) in [5, 5.41) is 0. The second-order valence-electron chi connectivity index (χ2n) is 6.22. The van der Waals surface area contributed by atoms with Gasteiger partial charge in [-0.05, 0) is 49.3 Å². The van der Waals surface area contributed by atoms with Crippen LogP contribution in [0.5, 0.6) is 0 Å². The van der Waals surface area contributed by atoms with Crippen molar-refractivity contribution in [2.24, 2.45) is 11.7 Å². The molecule has 1 saturated heterocycles. The van der Waals surface area contributed by atoms with Crippen molar-refractivity contribution in [3.63, 3.8) is 0 Å². The van der Waals surface area contributed by atoms with Crippen molar-refractivity contribution in [1.82, 2.24) is 4.31 Å². The number of piperidine rings is 1. The molecule has 116 valence electrons. The monoisotopic (exact) mass is 308 g/mol. The zero-order valence-electron chi connectivity index (χ0n) is 12.4. The number of rotatable bonds is 3. The summed E-state index contributed by atoms with van der Waals surface area (Å²) in [6, 6.07) is 7.29. The molecule has 2 fully saturated rings. The van der Waals surface area contributed by atoms with Crippen LogP contribution in [0.15, 0.2) is 29.2 Å². The van der Waals surface area contributed by atoms with Crippen LogP contribution in [0.1, 0.15) is 44.1 Å². The second-order valence-corrected chi connectivity index (χ2v) is 8.11. The minimum Gasteiger partial charge on any atom is -0.326 e. The van der Waals surface area contributed by atoms with Crippen LogP contribution in [0.4, 0.5) is 0 Å². The van der Waals surface area contributed by atoms with E-state index in [2.05, 4.69) is 0 Å². The molecule has 1 aromatic rings. The molecule has 2 aliphatic rings. The highest BCUT2D eigenvalue weighted by atomic mass is 32.2. The van der Waals surface area contributed by atoms with Crippen LogP contribution in [-0.2, 0) is 16.6 Å². The Kier molecular flexibility index (Phi) is 4.33. The summed E-state index contributed by atoms with van der Waals surface area (Å²) in [6.45, 7) is 1.03. The summed E-state index contributed by atoms with van der Waals surface area (Å²) in [4.78, 5) is 0.400. The summed E-state index contributed by atoms with van der Waals surface area (Å²) >= 11 is 0. The summed E-state index contributed by atoms with van der Waals surface area (Å²) < 4.78 is 27.8. The number of nitrogens with zero attached hydrogens (tertiary/aromatic N) is 1. The second kappa shape index (κ2) is 6.07. The predicted octanol–water partition coefficient (Wildman–Crippen LogP) is 2.49. The van der Waals surface area contributed by atoms with Crippen molar-refractivity contribution in [2.45, 2.75) is 56.0 Å². The van der Waals surface area contributed by atoms with Gasteiger partial charge in [0.05, 0.1) is 4.90 Å². The van der Waals surface area contributed by atoms with E-state index in [0.717, 1.165) is 24.8 Å². The number of fused-ring (bicyclic) bond motifs is 1. The Balaban J connectivity index is 1.92. The molecular formula is C16H24N2O2S. The SMILES string of the molecule is NCc1cccc(S(=O)(=O)N2CCC[C@H]3CCCC[C@H]32)c1. The fraction of sp³-hybridized carbons (Fsp3) is 0.625. The molecule has 1 aromatic carbocycles. The van der Waals surface area contributed by atoms with Gasteiger partial charge in [0.25, 0.3) is 0 Å². The fourth-order valence-corrected chi connectivity index (χ4v) is 5.67. The Hall–Kier alpha value is -0.910. The Morgan fingerprint density at radius 3 is 2.71 bits per heavy atom. The first-order valence-electron chi connectivity index (χ1n) is 7.94. The van der Waals surface area contributed by atoms with Crippen LogP contribution < -0.4 is 5.73 Å². The van der Waals surface area contributed by atoms with Gasteiger partial charge in [0.2, 0.25) is 10.0 Å². The van der Waals surface area contributed by atoms with E-state index in [1.165, 1.54) is 19.3 Å². The van der Waals surface area contributed by atoms with Gasteiger partial charge in [-0.25, -0.2) is 8.42 Å². The lowest BCUT2D eigenvalue weighted by molar-refractivity contribution is 0.129. The van der Waals surface area contributed by atoms with Crippen LogP contribution in [0.25, 0.3) is 0 Å². The van der Waals surface area contributed by atoms with E-state index in [1.807, 2.05) is 6.07 Å². The predicted molar refractivity (Wildman–Crippen MR) is 83.2 cm³/mol. The maximum absolute atomic E-state index is 13.0. The molecule has 0 aromatic heterocycles. The highest BCUT2D eigenvalue weighted by Gasteiger charge is 2.39. The minimum atomic E-state index is -3.39. The van der Waals surface area contributed by atoms with Gasteiger partial charge in [0.15, 0.2) is 0 Å². The highest BCUT2D eigenvalue weighted by Crippen LogP contribution is 2.38. The number of nitrogens with two attached hydrogens (primary N) is 1. The topological polar surface area (TPSA) is 63.4 Å². The van der Waals surface area contributed by atoms with Gasteiger partial charge in [-0.1, -0.05) is 25.0 Å². The Labute approximate surface area is 127 Å².